The summed E-state index contributed by atoms with van der Waals surface area (Å²) in [5.74, 6) is -0.115. The number of hydrogen-bond donors (Lipinski definition) is 3. The number of aromatic nitrogens is 4. The van der Waals surface area contributed by atoms with Crippen molar-refractivity contribution in [3.8, 4) is 0 Å². The van der Waals surface area contributed by atoms with Crippen LogP contribution in [0.2, 0.25) is 0 Å². The molecule has 0 aliphatic rings. The highest BCUT2D eigenvalue weighted by Gasteiger charge is 2.19. The standard InChI is InChI=1S/C27H26N4O3/c1-16-8-10-18(11-9-16)23(32)19-7-5-6-17(12-19)13-21-25(33)31-22(26(34)30-21)14-20-24(27(2,3)4)29-15-28-20/h5-15H,1-4H3,(H,28,29)(H,30,34)(H,31,33)/b21-13-,22-14-. The van der Waals surface area contributed by atoms with Crippen LogP contribution in [0.3, 0.4) is 0 Å². The molecule has 0 aliphatic heterocycles. The van der Waals surface area contributed by atoms with Gasteiger partial charge in [0.05, 0.1) is 12.0 Å². The van der Waals surface area contributed by atoms with Gasteiger partial charge in [-0.1, -0.05) is 68.8 Å². The number of nitrogens with zero attached hydrogens (tertiary/aromatic N) is 1. The molecule has 0 amide bonds. The molecule has 0 atom stereocenters. The van der Waals surface area contributed by atoms with Crippen molar-refractivity contribution in [2.75, 3.05) is 0 Å². The molecule has 4 rings (SSSR count). The van der Waals surface area contributed by atoms with Crippen LogP contribution in [0.5, 0.6) is 0 Å². The summed E-state index contributed by atoms with van der Waals surface area (Å²) in [7, 11) is 0. The Hall–Kier alpha value is -4.26. The number of H-pyrrole nitrogens is 3. The van der Waals surface area contributed by atoms with Gasteiger partial charge in [-0.3, -0.25) is 14.4 Å². The average molecular weight is 455 g/mol. The smallest absolute Gasteiger partial charge is 0.272 e. The van der Waals surface area contributed by atoms with Gasteiger partial charge in [0, 0.05) is 22.2 Å². The molecule has 7 nitrogen and oxygen atoms in total. The number of ketones is 1. The summed E-state index contributed by atoms with van der Waals surface area (Å²) >= 11 is 0. The first-order valence-electron chi connectivity index (χ1n) is 10.9. The van der Waals surface area contributed by atoms with E-state index in [4.69, 9.17) is 0 Å². The van der Waals surface area contributed by atoms with Crippen molar-refractivity contribution < 1.29 is 4.79 Å². The van der Waals surface area contributed by atoms with Gasteiger partial charge in [0.25, 0.3) is 11.1 Å². The number of hydrogen-bond acceptors (Lipinski definition) is 4. The van der Waals surface area contributed by atoms with Gasteiger partial charge in [0.15, 0.2) is 5.78 Å². The van der Waals surface area contributed by atoms with E-state index >= 15 is 0 Å². The molecular weight excluding hydrogens is 428 g/mol. The summed E-state index contributed by atoms with van der Waals surface area (Å²) in [6.07, 6.45) is 4.67. The third-order valence-electron chi connectivity index (χ3n) is 5.46. The first kappa shape index (κ1) is 22.9. The maximum absolute atomic E-state index is 12.8. The Morgan fingerprint density at radius 3 is 2.18 bits per heavy atom. The Bertz CT molecular complexity index is 1600. The number of benzene rings is 2. The molecule has 7 heteroatoms. The SMILES string of the molecule is Cc1ccc(C(=O)c2cccc(/C=c3\[nH]c(=O)/c(=C/c4nc[nH]c4C(C)(C)C)[nH]c3=O)c2)cc1. The van der Waals surface area contributed by atoms with Crippen LogP contribution in [-0.4, -0.2) is 25.7 Å². The van der Waals surface area contributed by atoms with E-state index in [1.165, 1.54) is 0 Å². The van der Waals surface area contributed by atoms with Crippen LogP contribution in [-0.2, 0) is 5.41 Å². The van der Waals surface area contributed by atoms with Gasteiger partial charge in [0.1, 0.15) is 10.7 Å². The van der Waals surface area contributed by atoms with Gasteiger partial charge in [-0.2, -0.15) is 0 Å². The normalized spacial score (nSPS) is 12.8. The summed E-state index contributed by atoms with van der Waals surface area (Å²) in [5, 5.41) is 0.211. The fourth-order valence-electron chi connectivity index (χ4n) is 3.66. The molecule has 2 heterocycles. The third kappa shape index (κ3) is 4.88. The Labute approximate surface area is 195 Å². The second-order valence-corrected chi connectivity index (χ2v) is 9.26. The Morgan fingerprint density at radius 2 is 1.53 bits per heavy atom. The zero-order chi connectivity index (χ0) is 24.5. The van der Waals surface area contributed by atoms with Crippen LogP contribution in [0.15, 0.2) is 64.4 Å². The first-order chi connectivity index (χ1) is 16.1. The molecular formula is C27H26N4O3. The summed E-state index contributed by atoms with van der Waals surface area (Å²) in [5.41, 5.74) is 3.13. The molecule has 0 radical (unpaired) electrons. The maximum atomic E-state index is 12.8. The predicted octanol–water partition coefficient (Wildman–Crippen LogP) is 2.28. The molecule has 4 aromatic rings. The molecule has 0 saturated carbocycles. The number of carbonyl (C=O) groups is 1. The van der Waals surface area contributed by atoms with E-state index in [1.54, 1.807) is 54.9 Å². The quantitative estimate of drug-likeness (QED) is 0.411. The van der Waals surface area contributed by atoms with Gasteiger partial charge in [0.2, 0.25) is 0 Å². The van der Waals surface area contributed by atoms with Gasteiger partial charge >= 0.3 is 0 Å². The summed E-state index contributed by atoms with van der Waals surface area (Å²) in [4.78, 5) is 50.9. The number of aryl methyl sites for hydroxylation is 1. The second-order valence-electron chi connectivity index (χ2n) is 9.26. The lowest BCUT2D eigenvalue weighted by atomic mass is 9.90. The number of carbonyl (C=O) groups excluding carboxylic acids is 1. The van der Waals surface area contributed by atoms with Crippen molar-refractivity contribution in [1.82, 2.24) is 19.9 Å². The largest absolute Gasteiger partial charge is 0.348 e. The molecule has 3 N–H and O–H groups in total. The van der Waals surface area contributed by atoms with Crippen LogP contribution in [0, 0.1) is 6.92 Å². The minimum absolute atomic E-state index is 0.0974. The highest BCUT2D eigenvalue weighted by atomic mass is 16.1. The second kappa shape index (κ2) is 8.94. The molecule has 0 aliphatic carbocycles. The van der Waals surface area contributed by atoms with Crippen molar-refractivity contribution in [2.24, 2.45) is 0 Å². The van der Waals surface area contributed by atoms with E-state index in [9.17, 15) is 14.4 Å². The summed E-state index contributed by atoms with van der Waals surface area (Å²) in [6, 6.07) is 14.3. The minimum Gasteiger partial charge on any atom is -0.348 e. The van der Waals surface area contributed by atoms with Crippen LogP contribution in [0.4, 0.5) is 0 Å². The first-order valence-corrected chi connectivity index (χ1v) is 10.9. The van der Waals surface area contributed by atoms with Crippen molar-refractivity contribution >= 4 is 17.9 Å². The monoisotopic (exact) mass is 454 g/mol. The Balaban J connectivity index is 1.72. The van der Waals surface area contributed by atoms with Crippen molar-refractivity contribution in [3.63, 3.8) is 0 Å². The zero-order valence-corrected chi connectivity index (χ0v) is 19.5. The average Bonchev–Trinajstić information content (AvgIpc) is 3.26. The molecule has 0 bridgehead atoms. The fourth-order valence-corrected chi connectivity index (χ4v) is 3.66. The lowest BCUT2D eigenvalue weighted by molar-refractivity contribution is 0.103. The van der Waals surface area contributed by atoms with Crippen LogP contribution in [0.25, 0.3) is 12.2 Å². The lowest BCUT2D eigenvalue weighted by Gasteiger charge is -2.16. The number of rotatable bonds is 4. The molecule has 2 aromatic carbocycles. The van der Waals surface area contributed by atoms with Gasteiger partial charge in [-0.15, -0.1) is 0 Å². The fraction of sp³-hybridized carbons (Fsp3) is 0.185. The van der Waals surface area contributed by atoms with Gasteiger partial charge < -0.3 is 15.0 Å². The Kier molecular flexibility index (Phi) is 6.03. The highest BCUT2D eigenvalue weighted by molar-refractivity contribution is 6.09. The van der Waals surface area contributed by atoms with E-state index in [0.29, 0.717) is 22.4 Å². The summed E-state index contributed by atoms with van der Waals surface area (Å²) in [6.45, 7) is 8.05. The van der Waals surface area contributed by atoms with E-state index < -0.39 is 11.1 Å². The molecule has 0 saturated heterocycles. The third-order valence-corrected chi connectivity index (χ3v) is 5.46. The molecule has 0 fully saturated rings. The number of aromatic amines is 3. The maximum Gasteiger partial charge on any atom is 0.272 e. The van der Waals surface area contributed by atoms with Crippen LogP contribution >= 0.6 is 0 Å². The molecule has 34 heavy (non-hydrogen) atoms. The van der Waals surface area contributed by atoms with Crippen molar-refractivity contribution in [1.29, 1.82) is 0 Å². The zero-order valence-electron chi connectivity index (χ0n) is 19.5. The number of imidazole rings is 1. The van der Waals surface area contributed by atoms with E-state index in [0.717, 1.165) is 11.3 Å². The molecule has 172 valence electrons. The van der Waals surface area contributed by atoms with E-state index in [2.05, 4.69) is 19.9 Å². The minimum atomic E-state index is -0.450. The summed E-state index contributed by atoms with van der Waals surface area (Å²) < 4.78 is 0. The van der Waals surface area contributed by atoms with E-state index in [1.807, 2.05) is 39.8 Å². The highest BCUT2D eigenvalue weighted by Crippen LogP contribution is 2.22. The van der Waals surface area contributed by atoms with Crippen molar-refractivity contribution in [2.45, 2.75) is 33.1 Å². The van der Waals surface area contributed by atoms with Gasteiger partial charge in [-0.25, -0.2) is 4.98 Å². The number of nitrogens with one attached hydrogen (secondary N) is 3. The van der Waals surface area contributed by atoms with Crippen LogP contribution < -0.4 is 21.8 Å². The van der Waals surface area contributed by atoms with Gasteiger partial charge in [-0.05, 0) is 30.7 Å². The topological polar surface area (TPSA) is 111 Å². The predicted molar refractivity (Wildman–Crippen MR) is 132 cm³/mol. The Morgan fingerprint density at radius 1 is 0.882 bits per heavy atom. The molecule has 0 spiro atoms. The molecule has 2 aromatic heterocycles. The lowest BCUT2D eigenvalue weighted by Crippen LogP contribution is -2.46. The molecule has 0 unspecified atom stereocenters. The van der Waals surface area contributed by atoms with Crippen LogP contribution in [0.1, 0.15) is 59.2 Å². The van der Waals surface area contributed by atoms with E-state index in [-0.39, 0.29) is 21.9 Å². The van der Waals surface area contributed by atoms with Crippen molar-refractivity contribution in [3.05, 3.63) is 120 Å².